The first-order valence-corrected chi connectivity index (χ1v) is 10.8. The van der Waals surface area contributed by atoms with Gasteiger partial charge in [-0.2, -0.15) is 0 Å². The van der Waals surface area contributed by atoms with E-state index in [1.54, 1.807) is 23.5 Å². The third-order valence-corrected chi connectivity index (χ3v) is 6.91. The molecule has 148 valence electrons. The summed E-state index contributed by atoms with van der Waals surface area (Å²) in [4.78, 5) is 10.4. The molecular weight excluding hydrogens is 377 g/mol. The van der Waals surface area contributed by atoms with Crippen LogP contribution in [0.3, 0.4) is 0 Å². The Morgan fingerprint density at radius 2 is 1.89 bits per heavy atom. The number of hydrogen-bond acceptors (Lipinski definition) is 6. The molecule has 6 nitrogen and oxygen atoms in total. The fourth-order valence-corrected chi connectivity index (χ4v) is 5.44. The predicted molar refractivity (Wildman–Crippen MR) is 108 cm³/mol. The van der Waals surface area contributed by atoms with Gasteiger partial charge in [-0.05, 0) is 56.5 Å². The van der Waals surface area contributed by atoms with Gasteiger partial charge in [0.1, 0.15) is 5.82 Å². The SMILES string of the molecule is OCC1CCCN1CC1CCCN1c1nn2cc(-c3ccc(F)cc3)nc2s1. The van der Waals surface area contributed by atoms with Gasteiger partial charge in [-0.1, -0.05) is 11.3 Å². The number of aliphatic hydroxyl groups excluding tert-OH is 1. The van der Waals surface area contributed by atoms with Crippen LogP contribution >= 0.6 is 11.3 Å². The third-order valence-electron chi connectivity index (χ3n) is 5.95. The highest BCUT2D eigenvalue weighted by molar-refractivity contribution is 7.20. The molecule has 3 aromatic rings. The number of aromatic nitrogens is 3. The Morgan fingerprint density at radius 3 is 2.68 bits per heavy atom. The van der Waals surface area contributed by atoms with Crippen molar-refractivity contribution in [3.63, 3.8) is 0 Å². The van der Waals surface area contributed by atoms with Crippen molar-refractivity contribution < 1.29 is 9.50 Å². The largest absolute Gasteiger partial charge is 0.395 e. The molecular formula is C20H24FN5OS. The van der Waals surface area contributed by atoms with E-state index in [0.29, 0.717) is 12.1 Å². The molecule has 0 amide bonds. The smallest absolute Gasteiger partial charge is 0.214 e. The van der Waals surface area contributed by atoms with Crippen LogP contribution in [0.4, 0.5) is 9.52 Å². The molecule has 0 bridgehead atoms. The van der Waals surface area contributed by atoms with Crippen molar-refractivity contribution in [1.29, 1.82) is 0 Å². The number of halogens is 1. The van der Waals surface area contributed by atoms with Crippen molar-refractivity contribution in [1.82, 2.24) is 19.5 Å². The van der Waals surface area contributed by atoms with Crippen LogP contribution in [0.1, 0.15) is 25.7 Å². The van der Waals surface area contributed by atoms with Gasteiger partial charge in [-0.3, -0.25) is 4.90 Å². The first-order valence-electron chi connectivity index (χ1n) is 9.95. The lowest BCUT2D eigenvalue weighted by molar-refractivity contribution is 0.153. The van der Waals surface area contributed by atoms with Crippen LogP contribution in [0.15, 0.2) is 30.5 Å². The van der Waals surface area contributed by atoms with Crippen molar-refractivity contribution in [2.24, 2.45) is 0 Å². The second-order valence-corrected chi connectivity index (χ2v) is 8.64. The fourth-order valence-electron chi connectivity index (χ4n) is 4.46. The summed E-state index contributed by atoms with van der Waals surface area (Å²) < 4.78 is 15.0. The molecule has 2 fully saturated rings. The zero-order valence-corrected chi connectivity index (χ0v) is 16.5. The van der Waals surface area contributed by atoms with Gasteiger partial charge in [0.25, 0.3) is 0 Å². The molecule has 2 unspecified atom stereocenters. The second kappa shape index (κ2) is 7.42. The van der Waals surface area contributed by atoms with Gasteiger partial charge in [0, 0.05) is 30.7 Å². The van der Waals surface area contributed by atoms with Gasteiger partial charge in [-0.15, -0.1) is 5.10 Å². The van der Waals surface area contributed by atoms with Gasteiger partial charge < -0.3 is 10.0 Å². The predicted octanol–water partition coefficient (Wildman–Crippen LogP) is 3.02. The molecule has 0 aliphatic carbocycles. The quantitative estimate of drug-likeness (QED) is 0.712. The van der Waals surface area contributed by atoms with E-state index in [0.717, 1.165) is 53.8 Å². The molecule has 28 heavy (non-hydrogen) atoms. The highest BCUT2D eigenvalue weighted by Crippen LogP contribution is 2.32. The van der Waals surface area contributed by atoms with Crippen molar-refractivity contribution in [2.45, 2.75) is 37.8 Å². The highest BCUT2D eigenvalue weighted by Gasteiger charge is 2.32. The maximum absolute atomic E-state index is 13.1. The topological polar surface area (TPSA) is 56.9 Å². The average Bonchev–Trinajstić information content (AvgIpc) is 3.45. The molecule has 0 saturated carbocycles. The summed E-state index contributed by atoms with van der Waals surface area (Å²) in [6, 6.07) is 7.15. The Kier molecular flexibility index (Phi) is 4.78. The molecule has 2 saturated heterocycles. The average molecular weight is 402 g/mol. The second-order valence-electron chi connectivity index (χ2n) is 7.71. The Bertz CT molecular complexity index is 924. The summed E-state index contributed by atoms with van der Waals surface area (Å²) >= 11 is 1.61. The van der Waals surface area contributed by atoms with Crippen molar-refractivity contribution >= 4 is 21.4 Å². The minimum atomic E-state index is -0.244. The van der Waals surface area contributed by atoms with E-state index in [-0.39, 0.29) is 12.4 Å². The van der Waals surface area contributed by atoms with Crippen LogP contribution < -0.4 is 4.90 Å². The summed E-state index contributed by atoms with van der Waals surface area (Å²) in [6.07, 6.45) is 6.52. The lowest BCUT2D eigenvalue weighted by atomic mass is 10.2. The van der Waals surface area contributed by atoms with E-state index in [1.807, 2.05) is 10.7 Å². The number of nitrogens with zero attached hydrogens (tertiary/aromatic N) is 5. The van der Waals surface area contributed by atoms with Crippen LogP contribution in [0.5, 0.6) is 0 Å². The molecule has 0 radical (unpaired) electrons. The standard InChI is InChI=1S/C20H24FN5OS/c21-15-7-5-14(6-8-15)18-12-26-19(22-18)28-20(23-26)25-10-2-3-16(25)11-24-9-1-4-17(24)13-27/h5-8,12,16-17,27H,1-4,9-11,13H2. The summed E-state index contributed by atoms with van der Waals surface area (Å²) in [5.41, 5.74) is 1.70. The van der Waals surface area contributed by atoms with Crippen molar-refractivity contribution in [3.05, 3.63) is 36.3 Å². The number of likely N-dealkylation sites (tertiary alicyclic amines) is 1. The fraction of sp³-hybridized carbons (Fsp3) is 0.500. The van der Waals surface area contributed by atoms with Crippen LogP contribution in [0, 0.1) is 5.82 Å². The molecule has 2 aliphatic heterocycles. The first-order chi connectivity index (χ1) is 13.7. The Labute approximate surface area is 167 Å². The summed E-state index contributed by atoms with van der Waals surface area (Å²) in [7, 11) is 0. The normalized spacial score (nSPS) is 23.3. The monoisotopic (exact) mass is 401 g/mol. The van der Waals surface area contributed by atoms with Gasteiger partial charge in [0.2, 0.25) is 10.1 Å². The summed E-state index contributed by atoms with van der Waals surface area (Å²) in [6.45, 7) is 3.35. The van der Waals surface area contributed by atoms with Crippen molar-refractivity contribution in [2.75, 3.05) is 31.1 Å². The van der Waals surface area contributed by atoms with Crippen LogP contribution in [-0.2, 0) is 0 Å². The molecule has 2 aliphatic rings. The highest BCUT2D eigenvalue weighted by atomic mass is 32.1. The summed E-state index contributed by atoms with van der Waals surface area (Å²) in [5.74, 6) is -0.244. The molecule has 8 heteroatoms. The van der Waals surface area contributed by atoms with Gasteiger partial charge in [0.05, 0.1) is 18.5 Å². The molecule has 4 heterocycles. The van der Waals surface area contributed by atoms with Gasteiger partial charge >= 0.3 is 0 Å². The number of anilines is 1. The van der Waals surface area contributed by atoms with E-state index >= 15 is 0 Å². The number of fused-ring (bicyclic) bond motifs is 1. The van der Waals surface area contributed by atoms with Crippen LogP contribution in [-0.4, -0.2) is 62.9 Å². The summed E-state index contributed by atoms with van der Waals surface area (Å²) in [5, 5.41) is 15.4. The molecule has 0 spiro atoms. The van der Waals surface area contributed by atoms with Crippen molar-refractivity contribution in [3.8, 4) is 11.3 Å². The van der Waals surface area contributed by atoms with E-state index < -0.39 is 0 Å². The minimum Gasteiger partial charge on any atom is -0.395 e. The van der Waals surface area contributed by atoms with E-state index in [4.69, 9.17) is 5.10 Å². The number of rotatable bonds is 5. The van der Waals surface area contributed by atoms with Gasteiger partial charge in [-0.25, -0.2) is 13.9 Å². The molecule has 1 N–H and O–H groups in total. The molecule has 2 aromatic heterocycles. The van der Waals surface area contributed by atoms with Crippen LogP contribution in [0.2, 0.25) is 0 Å². The number of benzene rings is 1. The zero-order chi connectivity index (χ0) is 19.1. The zero-order valence-electron chi connectivity index (χ0n) is 15.7. The van der Waals surface area contributed by atoms with E-state index in [2.05, 4.69) is 14.8 Å². The Balaban J connectivity index is 1.35. The van der Waals surface area contributed by atoms with Gasteiger partial charge in [0.15, 0.2) is 0 Å². The molecule has 5 rings (SSSR count). The Morgan fingerprint density at radius 1 is 1.11 bits per heavy atom. The van der Waals surface area contributed by atoms with E-state index in [1.165, 1.54) is 25.0 Å². The Hall–Kier alpha value is -2.03. The number of hydrogen-bond donors (Lipinski definition) is 1. The molecule has 2 atom stereocenters. The maximum atomic E-state index is 13.1. The maximum Gasteiger partial charge on any atom is 0.214 e. The minimum absolute atomic E-state index is 0.244. The number of aliphatic hydroxyl groups is 1. The molecule has 1 aromatic carbocycles. The number of imidazole rings is 1. The van der Waals surface area contributed by atoms with E-state index in [9.17, 15) is 9.50 Å². The first kappa shape index (κ1) is 18.0. The lowest BCUT2D eigenvalue weighted by Crippen LogP contribution is -2.43. The van der Waals surface area contributed by atoms with Crippen LogP contribution in [0.25, 0.3) is 16.2 Å². The lowest BCUT2D eigenvalue weighted by Gasteiger charge is -2.30. The third kappa shape index (κ3) is 3.29.